The van der Waals surface area contributed by atoms with Crippen LogP contribution in [-0.2, 0) is 12.8 Å². The second-order valence-corrected chi connectivity index (χ2v) is 11.6. The van der Waals surface area contributed by atoms with E-state index in [-0.39, 0.29) is 6.03 Å². The Bertz CT molecular complexity index is 990. The van der Waals surface area contributed by atoms with E-state index in [1.165, 1.54) is 52.8 Å². The summed E-state index contributed by atoms with van der Waals surface area (Å²) >= 11 is 1.90. The number of nitrogens with one attached hydrogen (secondary N) is 1. The largest absolute Gasteiger partial charge is 0.352 e. The number of fused-ring (bicyclic) bond motifs is 3. The molecular weight excluding hydrogens is 430 g/mol. The number of rotatable bonds is 4. The maximum absolute atomic E-state index is 12.9. The first kappa shape index (κ1) is 22.9. The van der Waals surface area contributed by atoms with Gasteiger partial charge in [-0.15, -0.1) is 11.3 Å². The van der Waals surface area contributed by atoms with Gasteiger partial charge in [-0.1, -0.05) is 40.0 Å². The Labute approximate surface area is 202 Å². The summed E-state index contributed by atoms with van der Waals surface area (Å²) in [6.07, 6.45) is 10.7. The van der Waals surface area contributed by atoms with Crippen LogP contribution in [0.15, 0.2) is 0 Å². The van der Waals surface area contributed by atoms with Gasteiger partial charge in [0, 0.05) is 43.0 Å². The molecule has 0 spiro atoms. The van der Waals surface area contributed by atoms with Crippen LogP contribution in [0.5, 0.6) is 0 Å². The number of aromatic nitrogens is 2. The third-order valence-electron chi connectivity index (χ3n) is 8.01. The van der Waals surface area contributed by atoms with Crippen LogP contribution in [0.1, 0.15) is 87.9 Å². The van der Waals surface area contributed by atoms with Crippen molar-refractivity contribution in [3.05, 3.63) is 16.3 Å². The van der Waals surface area contributed by atoms with E-state index >= 15 is 0 Å². The lowest BCUT2D eigenvalue weighted by Gasteiger charge is -2.37. The summed E-state index contributed by atoms with van der Waals surface area (Å²) in [5, 5.41) is 4.59. The fraction of sp³-hybridized carbons (Fsp3) is 0.731. The third kappa shape index (κ3) is 4.71. The average molecular weight is 470 g/mol. The fourth-order valence-electron chi connectivity index (χ4n) is 5.61. The first-order valence-corrected chi connectivity index (χ1v) is 14.0. The molecule has 1 aliphatic heterocycles. The van der Waals surface area contributed by atoms with E-state index < -0.39 is 0 Å². The molecule has 2 aliphatic carbocycles. The molecule has 33 heavy (non-hydrogen) atoms. The Kier molecular flexibility index (Phi) is 6.77. The summed E-state index contributed by atoms with van der Waals surface area (Å²) in [7, 11) is 0. The average Bonchev–Trinajstić information content (AvgIpc) is 3.21. The van der Waals surface area contributed by atoms with Crippen LogP contribution in [0.3, 0.4) is 0 Å². The SMILES string of the molecule is CC[C@@H](C)c1nc(N2CCN(C(=O)NC3CCCCC3)CC2)c2c3c(sc2n1)C[C@H](C)CC3. The highest BCUT2D eigenvalue weighted by molar-refractivity contribution is 7.19. The number of hydrogen-bond donors (Lipinski definition) is 1. The normalized spacial score (nSPS) is 22.9. The van der Waals surface area contributed by atoms with E-state index in [4.69, 9.17) is 9.97 Å². The maximum Gasteiger partial charge on any atom is 0.317 e. The van der Waals surface area contributed by atoms with Crippen molar-refractivity contribution in [2.75, 3.05) is 31.1 Å². The van der Waals surface area contributed by atoms with Crippen molar-refractivity contribution >= 4 is 33.4 Å². The topological polar surface area (TPSA) is 61.4 Å². The van der Waals surface area contributed by atoms with Gasteiger partial charge in [0.1, 0.15) is 16.5 Å². The molecule has 0 radical (unpaired) electrons. The highest BCUT2D eigenvalue weighted by Gasteiger charge is 2.29. The van der Waals surface area contributed by atoms with Crippen molar-refractivity contribution in [3.63, 3.8) is 0 Å². The van der Waals surface area contributed by atoms with E-state index in [1.807, 2.05) is 16.2 Å². The van der Waals surface area contributed by atoms with Crippen molar-refractivity contribution < 1.29 is 4.79 Å². The third-order valence-corrected chi connectivity index (χ3v) is 9.15. The molecule has 6 nitrogen and oxygen atoms in total. The second kappa shape index (κ2) is 9.77. The Morgan fingerprint density at radius 3 is 2.61 bits per heavy atom. The van der Waals surface area contributed by atoms with Gasteiger partial charge in [-0.05, 0) is 50.0 Å². The molecule has 3 aliphatic rings. The number of hydrogen-bond acceptors (Lipinski definition) is 5. The van der Waals surface area contributed by atoms with Crippen LogP contribution in [-0.4, -0.2) is 53.1 Å². The highest BCUT2D eigenvalue weighted by atomic mass is 32.1. The Hall–Kier alpha value is -1.89. The number of thiophene rings is 1. The molecule has 1 saturated heterocycles. The molecule has 1 N–H and O–H groups in total. The molecule has 1 saturated carbocycles. The zero-order valence-corrected chi connectivity index (χ0v) is 21.3. The molecule has 2 fully saturated rings. The molecule has 2 aromatic heterocycles. The first-order valence-electron chi connectivity index (χ1n) is 13.2. The highest BCUT2D eigenvalue weighted by Crippen LogP contribution is 2.42. The molecular formula is C26H39N5OS. The van der Waals surface area contributed by atoms with Crippen molar-refractivity contribution in [3.8, 4) is 0 Å². The molecule has 2 aromatic rings. The fourth-order valence-corrected chi connectivity index (χ4v) is 6.99. The minimum absolute atomic E-state index is 0.122. The van der Waals surface area contributed by atoms with Gasteiger partial charge < -0.3 is 15.1 Å². The van der Waals surface area contributed by atoms with Gasteiger partial charge in [-0.3, -0.25) is 0 Å². The van der Waals surface area contributed by atoms with Crippen LogP contribution in [0.25, 0.3) is 10.2 Å². The molecule has 180 valence electrons. The van der Waals surface area contributed by atoms with Crippen LogP contribution in [0.4, 0.5) is 10.6 Å². The number of amides is 2. The summed E-state index contributed by atoms with van der Waals surface area (Å²) < 4.78 is 0. The second-order valence-electron chi connectivity index (χ2n) is 10.5. The van der Waals surface area contributed by atoms with Crippen LogP contribution >= 0.6 is 11.3 Å². The van der Waals surface area contributed by atoms with Gasteiger partial charge >= 0.3 is 6.03 Å². The van der Waals surface area contributed by atoms with E-state index in [1.54, 1.807) is 0 Å². The number of carbonyl (C=O) groups is 1. The lowest BCUT2D eigenvalue weighted by Crippen LogP contribution is -2.54. The van der Waals surface area contributed by atoms with Gasteiger partial charge in [-0.2, -0.15) is 0 Å². The number of aryl methyl sites for hydroxylation is 1. The van der Waals surface area contributed by atoms with Gasteiger partial charge in [-0.25, -0.2) is 14.8 Å². The molecule has 0 bridgehead atoms. The summed E-state index contributed by atoms with van der Waals surface area (Å²) in [6, 6.07) is 0.486. The molecule has 7 heteroatoms. The standard InChI is InChI=1S/C26H39N5OS/c1-4-18(3)23-28-24(22-20-11-10-17(2)16-21(20)33-25(22)29-23)30-12-14-31(15-13-30)26(32)27-19-8-6-5-7-9-19/h17-19H,4-16H2,1-3H3,(H,27,32)/t17-,18-/m1/s1. The van der Waals surface area contributed by atoms with Crippen molar-refractivity contribution in [2.45, 2.75) is 90.5 Å². The molecule has 5 rings (SSSR count). The summed E-state index contributed by atoms with van der Waals surface area (Å²) in [6.45, 7) is 9.99. The van der Waals surface area contributed by atoms with Gasteiger partial charge in [0.2, 0.25) is 0 Å². The zero-order chi connectivity index (χ0) is 22.9. The van der Waals surface area contributed by atoms with Crippen LogP contribution < -0.4 is 10.2 Å². The van der Waals surface area contributed by atoms with Crippen molar-refractivity contribution in [1.82, 2.24) is 20.2 Å². The minimum Gasteiger partial charge on any atom is -0.352 e. The van der Waals surface area contributed by atoms with Crippen molar-refractivity contribution in [1.29, 1.82) is 0 Å². The number of urea groups is 1. The summed E-state index contributed by atoms with van der Waals surface area (Å²) in [4.78, 5) is 30.2. The number of piperazine rings is 1. The monoisotopic (exact) mass is 469 g/mol. The summed E-state index contributed by atoms with van der Waals surface area (Å²) in [5.41, 5.74) is 1.50. The first-order chi connectivity index (χ1) is 16.0. The summed E-state index contributed by atoms with van der Waals surface area (Å²) in [5.74, 6) is 3.20. The Morgan fingerprint density at radius 1 is 1.12 bits per heavy atom. The Morgan fingerprint density at radius 2 is 1.88 bits per heavy atom. The number of anilines is 1. The smallest absolute Gasteiger partial charge is 0.317 e. The van der Waals surface area contributed by atoms with E-state index in [0.717, 1.165) is 69.4 Å². The van der Waals surface area contributed by atoms with Gasteiger partial charge in [0.25, 0.3) is 0 Å². The predicted molar refractivity (Wildman–Crippen MR) is 137 cm³/mol. The lowest BCUT2D eigenvalue weighted by atomic mass is 9.89. The van der Waals surface area contributed by atoms with Gasteiger partial charge in [0.05, 0.1) is 5.39 Å². The van der Waals surface area contributed by atoms with Gasteiger partial charge in [0.15, 0.2) is 0 Å². The van der Waals surface area contributed by atoms with Crippen molar-refractivity contribution in [2.24, 2.45) is 5.92 Å². The molecule has 2 amide bonds. The van der Waals surface area contributed by atoms with E-state index in [0.29, 0.717) is 12.0 Å². The molecule has 3 heterocycles. The maximum atomic E-state index is 12.9. The van der Waals surface area contributed by atoms with Crippen LogP contribution in [0.2, 0.25) is 0 Å². The zero-order valence-electron chi connectivity index (χ0n) is 20.5. The molecule has 2 atom stereocenters. The Balaban J connectivity index is 1.37. The quantitative estimate of drug-likeness (QED) is 0.643. The molecule has 0 aromatic carbocycles. The molecule has 0 unspecified atom stereocenters. The number of carbonyl (C=O) groups excluding carboxylic acids is 1. The van der Waals surface area contributed by atoms with E-state index in [9.17, 15) is 4.79 Å². The minimum atomic E-state index is 0.122. The lowest BCUT2D eigenvalue weighted by molar-refractivity contribution is 0.186. The van der Waals surface area contributed by atoms with Crippen LogP contribution in [0, 0.1) is 5.92 Å². The number of nitrogens with zero attached hydrogens (tertiary/aromatic N) is 4. The predicted octanol–water partition coefficient (Wildman–Crippen LogP) is 5.49. The van der Waals surface area contributed by atoms with E-state index in [2.05, 4.69) is 31.0 Å².